The highest BCUT2D eigenvalue weighted by molar-refractivity contribution is 7.89. The fraction of sp³-hybridized carbons (Fsp3) is 0.261. The van der Waals surface area contributed by atoms with Crippen molar-refractivity contribution in [1.82, 2.24) is 10.0 Å². The molecule has 2 aromatic carbocycles. The van der Waals surface area contributed by atoms with E-state index >= 15 is 0 Å². The van der Waals surface area contributed by atoms with Gasteiger partial charge in [0.25, 0.3) is 5.91 Å². The maximum absolute atomic E-state index is 12.8. The quantitative estimate of drug-likeness (QED) is 0.590. The van der Waals surface area contributed by atoms with Crippen LogP contribution >= 0.6 is 0 Å². The predicted octanol–water partition coefficient (Wildman–Crippen LogP) is 3.07. The summed E-state index contributed by atoms with van der Waals surface area (Å²) in [5, 5.41) is 2.89. The summed E-state index contributed by atoms with van der Waals surface area (Å²) in [6.07, 6.45) is 2.51. The fourth-order valence-electron chi connectivity index (χ4n) is 3.87. The van der Waals surface area contributed by atoms with Crippen molar-refractivity contribution in [2.75, 3.05) is 11.9 Å². The number of carbonyl (C=O) groups is 1. The van der Waals surface area contributed by atoms with Gasteiger partial charge in [-0.15, -0.1) is 0 Å². The summed E-state index contributed by atoms with van der Waals surface area (Å²) in [5.74, 6) is 0.396. The Kier molecular flexibility index (Phi) is 5.84. The maximum Gasteiger partial charge on any atom is 0.255 e. The van der Waals surface area contributed by atoms with Gasteiger partial charge in [-0.05, 0) is 55.8 Å². The Hall–Kier alpha value is -3.10. The molecule has 0 radical (unpaired) electrons. The number of nitrogens with one attached hydrogen (secondary N) is 2. The van der Waals surface area contributed by atoms with Crippen molar-refractivity contribution < 1.29 is 17.6 Å². The van der Waals surface area contributed by atoms with Crippen LogP contribution in [-0.4, -0.2) is 27.4 Å². The lowest BCUT2D eigenvalue weighted by atomic mass is 10.1. The predicted molar refractivity (Wildman–Crippen MR) is 118 cm³/mol. The molecule has 162 valence electrons. The first-order chi connectivity index (χ1) is 14.9. The van der Waals surface area contributed by atoms with E-state index in [1.54, 1.807) is 18.2 Å². The van der Waals surface area contributed by atoms with Crippen LogP contribution in [0.3, 0.4) is 0 Å². The minimum Gasteiger partial charge on any atom is -0.467 e. The molecule has 31 heavy (non-hydrogen) atoms. The number of benzene rings is 2. The summed E-state index contributed by atoms with van der Waals surface area (Å²) in [6.45, 7) is 2.97. The van der Waals surface area contributed by atoms with Gasteiger partial charge in [0.05, 0.1) is 23.3 Å². The zero-order valence-electron chi connectivity index (χ0n) is 17.5. The molecule has 0 saturated carbocycles. The van der Waals surface area contributed by atoms with Gasteiger partial charge in [-0.2, -0.15) is 0 Å². The van der Waals surface area contributed by atoms with Crippen molar-refractivity contribution in [3.05, 3.63) is 83.3 Å². The Morgan fingerprint density at radius 1 is 1.13 bits per heavy atom. The first kappa shape index (κ1) is 21.1. The van der Waals surface area contributed by atoms with E-state index in [1.807, 2.05) is 12.1 Å². The number of fused-ring (bicyclic) bond motifs is 1. The van der Waals surface area contributed by atoms with Gasteiger partial charge in [0.1, 0.15) is 5.76 Å². The lowest BCUT2D eigenvalue weighted by Crippen LogP contribution is -2.30. The van der Waals surface area contributed by atoms with Gasteiger partial charge in [-0.1, -0.05) is 30.3 Å². The molecule has 0 bridgehead atoms. The van der Waals surface area contributed by atoms with E-state index in [9.17, 15) is 13.2 Å². The van der Waals surface area contributed by atoms with Gasteiger partial charge in [-0.25, -0.2) is 13.1 Å². The van der Waals surface area contributed by atoms with Crippen molar-refractivity contribution in [2.24, 2.45) is 0 Å². The number of hydrogen-bond acceptors (Lipinski definition) is 5. The van der Waals surface area contributed by atoms with Crippen LogP contribution in [0.25, 0.3) is 0 Å². The highest BCUT2D eigenvalue weighted by atomic mass is 32.2. The molecule has 0 aliphatic carbocycles. The zero-order chi connectivity index (χ0) is 22.0. The normalized spacial score (nSPS) is 15.7. The molecule has 4 rings (SSSR count). The van der Waals surface area contributed by atoms with Crippen LogP contribution in [0.5, 0.6) is 0 Å². The summed E-state index contributed by atoms with van der Waals surface area (Å²) in [5.41, 5.74) is 3.78. The highest BCUT2D eigenvalue weighted by Crippen LogP contribution is 2.33. The molecular formula is C23H25N3O4S. The van der Waals surface area contributed by atoms with Crippen LogP contribution in [0.2, 0.25) is 0 Å². The van der Waals surface area contributed by atoms with E-state index in [-0.39, 0.29) is 17.3 Å². The monoisotopic (exact) mass is 439 g/mol. The molecule has 0 spiro atoms. The number of nitrogens with zero attached hydrogens (tertiary/aromatic N) is 1. The molecule has 7 nitrogen and oxygen atoms in total. The maximum atomic E-state index is 12.8. The number of rotatable bonds is 7. The third-order valence-electron chi connectivity index (χ3n) is 5.61. The lowest BCUT2D eigenvalue weighted by Gasteiger charge is -2.24. The highest BCUT2D eigenvalue weighted by Gasteiger charge is 2.28. The molecular weight excluding hydrogens is 414 g/mol. The van der Waals surface area contributed by atoms with E-state index in [4.69, 9.17) is 4.42 Å². The summed E-state index contributed by atoms with van der Waals surface area (Å²) < 4.78 is 31.6. The zero-order valence-corrected chi connectivity index (χ0v) is 18.3. The third-order valence-corrected chi connectivity index (χ3v) is 7.04. The molecule has 1 atom stereocenters. The fourth-order valence-corrected chi connectivity index (χ4v) is 4.60. The standard InChI is InChI=1S/C23H25N3O4S/c1-16-13-18-5-3-4-6-21(18)26(16)15-22-20(11-12-30-22)23(27)25-14-17-7-9-19(10-8-17)31(28,29)24-2/h3-12,16,24H,13-15H2,1-2H3,(H,25,27). The Morgan fingerprint density at radius 3 is 2.61 bits per heavy atom. The van der Waals surface area contributed by atoms with Crippen molar-refractivity contribution >= 4 is 21.6 Å². The summed E-state index contributed by atoms with van der Waals surface area (Å²) >= 11 is 0. The second-order valence-electron chi connectivity index (χ2n) is 7.60. The summed E-state index contributed by atoms with van der Waals surface area (Å²) in [6, 6.07) is 16.7. The smallest absolute Gasteiger partial charge is 0.255 e. The number of hydrogen-bond donors (Lipinski definition) is 2. The van der Waals surface area contributed by atoms with Crippen molar-refractivity contribution in [2.45, 2.75) is 37.4 Å². The molecule has 2 heterocycles. The number of anilines is 1. The van der Waals surface area contributed by atoms with E-state index in [1.165, 1.54) is 36.7 Å². The first-order valence-corrected chi connectivity index (χ1v) is 11.6. The Bertz CT molecular complexity index is 1190. The second kappa shape index (κ2) is 8.56. The molecule has 1 amide bonds. The largest absolute Gasteiger partial charge is 0.467 e. The molecule has 1 unspecified atom stereocenters. The minimum absolute atomic E-state index is 0.183. The van der Waals surface area contributed by atoms with Gasteiger partial charge in [0.15, 0.2) is 0 Å². The van der Waals surface area contributed by atoms with Crippen LogP contribution in [0.15, 0.2) is 70.2 Å². The topological polar surface area (TPSA) is 91.7 Å². The summed E-state index contributed by atoms with van der Waals surface area (Å²) in [4.78, 5) is 15.2. The Labute approximate surface area is 182 Å². The van der Waals surface area contributed by atoms with Crippen LogP contribution in [0.1, 0.15) is 34.2 Å². The number of para-hydroxylation sites is 1. The second-order valence-corrected chi connectivity index (χ2v) is 9.49. The van der Waals surface area contributed by atoms with Crippen LogP contribution in [-0.2, 0) is 29.5 Å². The first-order valence-electron chi connectivity index (χ1n) is 10.1. The molecule has 2 N–H and O–H groups in total. The van der Waals surface area contributed by atoms with Crippen molar-refractivity contribution in [3.63, 3.8) is 0 Å². The number of furan rings is 1. The minimum atomic E-state index is -3.48. The van der Waals surface area contributed by atoms with Gasteiger partial charge < -0.3 is 14.6 Å². The molecule has 8 heteroatoms. The van der Waals surface area contributed by atoms with Crippen LogP contribution in [0, 0.1) is 0 Å². The SMILES string of the molecule is CNS(=O)(=O)c1ccc(CNC(=O)c2ccoc2CN2c3ccccc3CC2C)cc1. The molecule has 0 saturated heterocycles. The summed E-state index contributed by atoms with van der Waals surface area (Å²) in [7, 11) is -2.11. The van der Waals surface area contributed by atoms with E-state index in [2.05, 4.69) is 34.0 Å². The molecule has 1 aliphatic rings. The average Bonchev–Trinajstić information content (AvgIpc) is 3.37. The molecule has 1 aliphatic heterocycles. The van der Waals surface area contributed by atoms with Crippen molar-refractivity contribution in [1.29, 1.82) is 0 Å². The van der Waals surface area contributed by atoms with Crippen molar-refractivity contribution in [3.8, 4) is 0 Å². The third kappa shape index (κ3) is 4.35. The Morgan fingerprint density at radius 2 is 1.87 bits per heavy atom. The lowest BCUT2D eigenvalue weighted by molar-refractivity contribution is 0.0949. The van der Waals surface area contributed by atoms with Crippen LogP contribution in [0.4, 0.5) is 5.69 Å². The average molecular weight is 440 g/mol. The molecule has 1 aromatic heterocycles. The van der Waals surface area contributed by atoms with Gasteiger partial charge in [-0.3, -0.25) is 4.79 Å². The van der Waals surface area contributed by atoms with Gasteiger partial charge in [0.2, 0.25) is 10.0 Å². The molecule has 0 fully saturated rings. The number of amides is 1. The number of sulfonamides is 1. The van der Waals surface area contributed by atoms with E-state index < -0.39 is 10.0 Å². The Balaban J connectivity index is 1.43. The van der Waals surface area contributed by atoms with Gasteiger partial charge >= 0.3 is 0 Å². The van der Waals surface area contributed by atoms with E-state index in [0.29, 0.717) is 23.9 Å². The van der Waals surface area contributed by atoms with Gasteiger partial charge in [0, 0.05) is 18.3 Å². The number of carbonyl (C=O) groups excluding carboxylic acids is 1. The molecule has 3 aromatic rings. The van der Waals surface area contributed by atoms with Crippen LogP contribution < -0.4 is 14.9 Å². The van der Waals surface area contributed by atoms with E-state index in [0.717, 1.165) is 12.0 Å².